The molecule has 1 rings (SSSR count). The predicted molar refractivity (Wildman–Crippen MR) is 79.8 cm³/mol. The molecule has 0 saturated carbocycles. The van der Waals surface area contributed by atoms with E-state index in [4.69, 9.17) is 4.74 Å². The summed E-state index contributed by atoms with van der Waals surface area (Å²) in [7, 11) is -3.45. The molecule has 1 N–H and O–H groups in total. The van der Waals surface area contributed by atoms with Gasteiger partial charge in [0.25, 0.3) is 0 Å². The average molecular weight is 350 g/mol. The minimum absolute atomic E-state index is 0.271. The topological polar surface area (TPSA) is 55.4 Å². The lowest BCUT2D eigenvalue weighted by Gasteiger charge is -2.09. The highest BCUT2D eigenvalue weighted by atomic mass is 79.9. The number of halogens is 1. The van der Waals surface area contributed by atoms with Crippen LogP contribution in [0.4, 0.5) is 0 Å². The van der Waals surface area contributed by atoms with E-state index in [1.807, 2.05) is 13.8 Å². The lowest BCUT2D eigenvalue weighted by molar-refractivity contribution is 0.133. The third kappa shape index (κ3) is 5.60. The summed E-state index contributed by atoms with van der Waals surface area (Å²) in [6.45, 7) is 5.63. The molecule has 0 atom stereocenters. The zero-order valence-corrected chi connectivity index (χ0v) is 13.7. The first-order valence-electron chi connectivity index (χ1n) is 6.31. The number of hydrogen-bond donors (Lipinski definition) is 1. The Balaban J connectivity index is 2.52. The van der Waals surface area contributed by atoms with Gasteiger partial charge in [0.2, 0.25) is 10.0 Å². The predicted octanol–water partition coefficient (Wildman–Crippen LogP) is 2.85. The van der Waals surface area contributed by atoms with E-state index in [0.717, 1.165) is 18.6 Å². The van der Waals surface area contributed by atoms with E-state index in [-0.39, 0.29) is 4.90 Å². The molecule has 19 heavy (non-hydrogen) atoms. The molecule has 0 aliphatic heterocycles. The van der Waals surface area contributed by atoms with E-state index in [1.54, 1.807) is 18.2 Å². The first kappa shape index (κ1) is 16.6. The third-order valence-corrected chi connectivity index (χ3v) is 4.92. The molecule has 0 amide bonds. The van der Waals surface area contributed by atoms with Crippen LogP contribution in [0.2, 0.25) is 0 Å². The zero-order chi connectivity index (χ0) is 14.3. The first-order chi connectivity index (χ1) is 8.97. The van der Waals surface area contributed by atoms with Crippen molar-refractivity contribution in [2.75, 3.05) is 19.8 Å². The van der Waals surface area contributed by atoms with Crippen molar-refractivity contribution >= 4 is 26.0 Å². The van der Waals surface area contributed by atoms with E-state index in [9.17, 15) is 8.42 Å². The summed E-state index contributed by atoms with van der Waals surface area (Å²) in [5, 5.41) is 0. The van der Waals surface area contributed by atoms with Crippen molar-refractivity contribution in [3.05, 3.63) is 28.2 Å². The van der Waals surface area contributed by atoms with Crippen molar-refractivity contribution in [1.82, 2.24) is 4.72 Å². The number of benzene rings is 1. The number of ether oxygens (including phenoxy) is 1. The molecular weight excluding hydrogens is 330 g/mol. The van der Waals surface area contributed by atoms with Gasteiger partial charge in [0, 0.05) is 24.2 Å². The zero-order valence-electron chi connectivity index (χ0n) is 11.3. The fourth-order valence-corrected chi connectivity index (χ4v) is 3.79. The SMILES string of the molecule is CCCOCCCNS(=O)(=O)c1ccc(C)cc1Br. The minimum Gasteiger partial charge on any atom is -0.381 e. The van der Waals surface area contributed by atoms with Crippen LogP contribution in [0, 0.1) is 6.92 Å². The molecule has 108 valence electrons. The van der Waals surface area contributed by atoms with Gasteiger partial charge >= 0.3 is 0 Å². The van der Waals surface area contributed by atoms with Crippen molar-refractivity contribution in [3.8, 4) is 0 Å². The van der Waals surface area contributed by atoms with Crippen molar-refractivity contribution < 1.29 is 13.2 Å². The number of sulfonamides is 1. The smallest absolute Gasteiger partial charge is 0.241 e. The van der Waals surface area contributed by atoms with Gasteiger partial charge in [0.15, 0.2) is 0 Å². The molecule has 1 aromatic carbocycles. The molecule has 0 radical (unpaired) electrons. The molecule has 0 heterocycles. The molecule has 0 bridgehead atoms. The van der Waals surface area contributed by atoms with Gasteiger partial charge < -0.3 is 4.74 Å². The van der Waals surface area contributed by atoms with Gasteiger partial charge in [-0.15, -0.1) is 0 Å². The van der Waals surface area contributed by atoms with Crippen LogP contribution in [0.25, 0.3) is 0 Å². The molecule has 0 saturated heterocycles. The second-order valence-electron chi connectivity index (χ2n) is 4.30. The van der Waals surface area contributed by atoms with E-state index in [2.05, 4.69) is 20.7 Å². The fourth-order valence-electron chi connectivity index (χ4n) is 1.53. The Hall–Kier alpha value is -0.430. The summed E-state index contributed by atoms with van der Waals surface area (Å²) in [4.78, 5) is 0.271. The molecule has 0 aromatic heterocycles. The van der Waals surface area contributed by atoms with Gasteiger partial charge in [-0.3, -0.25) is 0 Å². The minimum atomic E-state index is -3.45. The Morgan fingerprint density at radius 3 is 2.68 bits per heavy atom. The number of aryl methyl sites for hydroxylation is 1. The van der Waals surface area contributed by atoms with Crippen LogP contribution in [0.5, 0.6) is 0 Å². The highest BCUT2D eigenvalue weighted by molar-refractivity contribution is 9.10. The van der Waals surface area contributed by atoms with Crippen molar-refractivity contribution in [2.45, 2.75) is 31.6 Å². The molecule has 0 aliphatic rings. The van der Waals surface area contributed by atoms with Crippen molar-refractivity contribution in [1.29, 1.82) is 0 Å². The lowest BCUT2D eigenvalue weighted by atomic mass is 10.2. The highest BCUT2D eigenvalue weighted by Crippen LogP contribution is 2.22. The van der Waals surface area contributed by atoms with Gasteiger partial charge in [0.05, 0.1) is 4.90 Å². The van der Waals surface area contributed by atoms with Crippen molar-refractivity contribution in [2.24, 2.45) is 0 Å². The number of hydrogen-bond acceptors (Lipinski definition) is 3. The summed E-state index contributed by atoms with van der Waals surface area (Å²) in [6, 6.07) is 5.18. The Bertz CT molecular complexity index is 503. The second kappa shape index (κ2) is 7.99. The molecule has 6 heteroatoms. The maximum atomic E-state index is 12.1. The molecule has 4 nitrogen and oxygen atoms in total. The van der Waals surface area contributed by atoms with Gasteiger partial charge in [-0.25, -0.2) is 13.1 Å². The van der Waals surface area contributed by atoms with Crippen LogP contribution in [-0.2, 0) is 14.8 Å². The van der Waals surface area contributed by atoms with Crippen LogP contribution in [-0.4, -0.2) is 28.2 Å². The van der Waals surface area contributed by atoms with Crippen LogP contribution in [0.15, 0.2) is 27.6 Å². The number of nitrogens with one attached hydrogen (secondary N) is 1. The van der Waals surface area contributed by atoms with Crippen LogP contribution in [0.3, 0.4) is 0 Å². The van der Waals surface area contributed by atoms with Crippen molar-refractivity contribution in [3.63, 3.8) is 0 Å². The maximum absolute atomic E-state index is 12.1. The van der Waals surface area contributed by atoms with Gasteiger partial charge in [-0.05, 0) is 53.4 Å². The Morgan fingerprint density at radius 2 is 2.05 bits per heavy atom. The summed E-state index contributed by atoms with van der Waals surface area (Å²) in [5.41, 5.74) is 1.01. The molecule has 0 aliphatic carbocycles. The van der Waals surface area contributed by atoms with Gasteiger partial charge in [-0.2, -0.15) is 0 Å². The summed E-state index contributed by atoms with van der Waals surface area (Å²) >= 11 is 3.28. The molecule has 1 aromatic rings. The Labute approximate surface area is 123 Å². The third-order valence-electron chi connectivity index (χ3n) is 2.48. The van der Waals surface area contributed by atoms with E-state index in [1.165, 1.54) is 0 Å². The fraction of sp³-hybridized carbons (Fsp3) is 0.538. The molecule has 0 unspecified atom stereocenters. The van der Waals surface area contributed by atoms with E-state index < -0.39 is 10.0 Å². The summed E-state index contributed by atoms with van der Waals surface area (Å²) in [5.74, 6) is 0. The maximum Gasteiger partial charge on any atom is 0.241 e. The van der Waals surface area contributed by atoms with Crippen LogP contribution < -0.4 is 4.72 Å². The van der Waals surface area contributed by atoms with E-state index >= 15 is 0 Å². The van der Waals surface area contributed by atoms with E-state index in [0.29, 0.717) is 24.0 Å². The summed E-state index contributed by atoms with van der Waals surface area (Å²) in [6.07, 6.45) is 1.64. The Kier molecular flexibility index (Phi) is 6.99. The summed E-state index contributed by atoms with van der Waals surface area (Å²) < 4.78 is 32.6. The lowest BCUT2D eigenvalue weighted by Crippen LogP contribution is -2.26. The molecule has 0 spiro atoms. The monoisotopic (exact) mass is 349 g/mol. The molecule has 0 fully saturated rings. The Morgan fingerprint density at radius 1 is 1.32 bits per heavy atom. The standard InChI is InChI=1S/C13H20BrNO3S/c1-3-8-18-9-4-7-15-19(16,17)13-6-5-11(2)10-12(13)14/h5-6,10,15H,3-4,7-9H2,1-2H3. The highest BCUT2D eigenvalue weighted by Gasteiger charge is 2.16. The molecular formula is C13H20BrNO3S. The van der Waals surface area contributed by atoms with Crippen LogP contribution in [0.1, 0.15) is 25.3 Å². The largest absolute Gasteiger partial charge is 0.381 e. The average Bonchev–Trinajstić information content (AvgIpc) is 2.33. The second-order valence-corrected chi connectivity index (χ2v) is 6.89. The van der Waals surface area contributed by atoms with Gasteiger partial charge in [-0.1, -0.05) is 13.0 Å². The number of rotatable bonds is 8. The quantitative estimate of drug-likeness (QED) is 0.734. The first-order valence-corrected chi connectivity index (χ1v) is 8.58. The normalized spacial score (nSPS) is 11.7. The van der Waals surface area contributed by atoms with Gasteiger partial charge in [0.1, 0.15) is 0 Å². The van der Waals surface area contributed by atoms with Crippen LogP contribution >= 0.6 is 15.9 Å².